The van der Waals surface area contributed by atoms with Crippen LogP contribution in [-0.4, -0.2) is 30.9 Å². The fraction of sp³-hybridized carbons (Fsp3) is 0.737. The quantitative estimate of drug-likeness (QED) is 0.200. The minimum absolute atomic E-state index is 0.133. The monoisotopic (exact) mass is 607 g/mol. The molecule has 4 aliphatic carbocycles. The van der Waals surface area contributed by atoms with Gasteiger partial charge in [-0.15, -0.1) is 0 Å². The highest BCUT2D eigenvalue weighted by molar-refractivity contribution is 5.76. The van der Waals surface area contributed by atoms with Gasteiger partial charge in [0, 0.05) is 6.42 Å². The van der Waals surface area contributed by atoms with Gasteiger partial charge in [0.2, 0.25) is 0 Å². The standard InChI is InChI=1S/C38H57NO5/c1-25(2)10-9-11-26(3)31-16-17-32-30-15-14-28-22-29(18-20-37(28,4)33(30)19-21-38(31,32)5)44-36(41)43-24-34(39)35(40)42-23-27-12-7-6-8-13-27/h6-8,12-14,25-26,29-34H,9-11,15-24,39H2,1-5H3. The molecule has 3 fully saturated rings. The molecule has 0 amide bonds. The molecule has 0 spiro atoms. The number of rotatable bonds is 11. The van der Waals surface area contributed by atoms with E-state index < -0.39 is 18.2 Å². The van der Waals surface area contributed by atoms with Gasteiger partial charge in [-0.05, 0) is 96.8 Å². The highest BCUT2D eigenvalue weighted by Crippen LogP contribution is 2.67. The third-order valence-electron chi connectivity index (χ3n) is 12.4. The highest BCUT2D eigenvalue weighted by Gasteiger charge is 2.59. The lowest BCUT2D eigenvalue weighted by Gasteiger charge is -2.58. The molecule has 0 heterocycles. The van der Waals surface area contributed by atoms with E-state index in [1.807, 2.05) is 30.3 Å². The Morgan fingerprint density at radius 3 is 2.48 bits per heavy atom. The Kier molecular flexibility index (Phi) is 10.5. The van der Waals surface area contributed by atoms with Crippen molar-refractivity contribution in [2.24, 2.45) is 52.1 Å². The third kappa shape index (κ3) is 7.06. The summed E-state index contributed by atoms with van der Waals surface area (Å²) in [6.07, 6.45) is 15.0. The van der Waals surface area contributed by atoms with E-state index in [1.165, 1.54) is 56.9 Å². The fourth-order valence-electron chi connectivity index (χ4n) is 9.98. The zero-order valence-electron chi connectivity index (χ0n) is 27.9. The number of nitrogens with two attached hydrogens (primary N) is 1. The van der Waals surface area contributed by atoms with Gasteiger partial charge in [0.1, 0.15) is 25.4 Å². The van der Waals surface area contributed by atoms with E-state index in [1.54, 1.807) is 0 Å². The maximum Gasteiger partial charge on any atom is 0.508 e. The summed E-state index contributed by atoms with van der Waals surface area (Å²) in [5, 5.41) is 0. The van der Waals surface area contributed by atoms with E-state index in [9.17, 15) is 9.59 Å². The smallest absolute Gasteiger partial charge is 0.460 e. The largest absolute Gasteiger partial charge is 0.508 e. The summed E-state index contributed by atoms with van der Waals surface area (Å²) < 4.78 is 16.2. The summed E-state index contributed by atoms with van der Waals surface area (Å²) in [6, 6.07) is 8.35. The van der Waals surface area contributed by atoms with Crippen molar-refractivity contribution in [3.63, 3.8) is 0 Å². The molecule has 44 heavy (non-hydrogen) atoms. The van der Waals surface area contributed by atoms with Gasteiger partial charge in [0.05, 0.1) is 0 Å². The summed E-state index contributed by atoms with van der Waals surface area (Å²) in [6.45, 7) is 12.3. The summed E-state index contributed by atoms with van der Waals surface area (Å²) in [5.41, 5.74) is 8.95. The Labute approximate surface area is 265 Å². The first kappa shape index (κ1) is 33.0. The molecule has 9 unspecified atom stereocenters. The molecule has 0 aromatic heterocycles. The topological polar surface area (TPSA) is 87.9 Å². The molecule has 6 heteroatoms. The molecule has 1 aromatic carbocycles. The van der Waals surface area contributed by atoms with Crippen molar-refractivity contribution in [3.8, 4) is 0 Å². The zero-order chi connectivity index (χ0) is 31.5. The average Bonchev–Trinajstić information content (AvgIpc) is 3.36. The van der Waals surface area contributed by atoms with E-state index >= 15 is 0 Å². The van der Waals surface area contributed by atoms with Gasteiger partial charge in [-0.2, -0.15) is 0 Å². The Bertz CT molecular complexity index is 1170. The van der Waals surface area contributed by atoms with Crippen LogP contribution in [0, 0.1) is 46.3 Å². The Morgan fingerprint density at radius 2 is 1.73 bits per heavy atom. The van der Waals surface area contributed by atoms with Crippen LogP contribution in [0.4, 0.5) is 4.79 Å². The van der Waals surface area contributed by atoms with Crippen molar-refractivity contribution in [2.75, 3.05) is 6.61 Å². The van der Waals surface area contributed by atoms with Crippen LogP contribution in [0.2, 0.25) is 0 Å². The van der Waals surface area contributed by atoms with Gasteiger partial charge in [-0.3, -0.25) is 4.79 Å². The zero-order valence-corrected chi connectivity index (χ0v) is 27.9. The molecular weight excluding hydrogens is 550 g/mol. The van der Waals surface area contributed by atoms with Crippen LogP contribution in [0.15, 0.2) is 42.0 Å². The van der Waals surface area contributed by atoms with Gasteiger partial charge >= 0.3 is 12.1 Å². The number of carbonyl (C=O) groups is 2. The van der Waals surface area contributed by atoms with E-state index in [4.69, 9.17) is 19.9 Å². The first-order chi connectivity index (χ1) is 21.0. The van der Waals surface area contributed by atoms with Crippen molar-refractivity contribution in [1.82, 2.24) is 0 Å². The lowest BCUT2D eigenvalue weighted by Crippen LogP contribution is -2.51. The first-order valence-corrected chi connectivity index (χ1v) is 17.5. The van der Waals surface area contributed by atoms with Crippen LogP contribution in [0.25, 0.3) is 0 Å². The second-order valence-corrected chi connectivity index (χ2v) is 15.5. The lowest BCUT2D eigenvalue weighted by molar-refractivity contribution is -0.147. The Morgan fingerprint density at radius 1 is 0.955 bits per heavy atom. The van der Waals surface area contributed by atoms with E-state index in [0.717, 1.165) is 60.3 Å². The molecule has 6 nitrogen and oxygen atoms in total. The van der Waals surface area contributed by atoms with Crippen LogP contribution in [-0.2, 0) is 25.6 Å². The number of benzene rings is 1. The number of hydrogen-bond acceptors (Lipinski definition) is 6. The molecule has 0 aliphatic heterocycles. The summed E-state index contributed by atoms with van der Waals surface area (Å²) >= 11 is 0. The number of fused-ring (bicyclic) bond motifs is 5. The number of esters is 1. The number of ether oxygens (including phenoxy) is 3. The lowest BCUT2D eigenvalue weighted by atomic mass is 9.47. The van der Waals surface area contributed by atoms with Crippen LogP contribution >= 0.6 is 0 Å². The average molecular weight is 608 g/mol. The van der Waals surface area contributed by atoms with Crippen molar-refractivity contribution in [1.29, 1.82) is 0 Å². The molecule has 5 rings (SSSR count). The molecule has 3 saturated carbocycles. The van der Waals surface area contributed by atoms with Gasteiger partial charge in [0.25, 0.3) is 0 Å². The van der Waals surface area contributed by atoms with Crippen molar-refractivity contribution < 1.29 is 23.8 Å². The van der Waals surface area contributed by atoms with Crippen LogP contribution in [0.3, 0.4) is 0 Å². The summed E-state index contributed by atoms with van der Waals surface area (Å²) in [5.74, 6) is 4.24. The maximum atomic E-state index is 12.6. The minimum Gasteiger partial charge on any atom is -0.460 e. The van der Waals surface area contributed by atoms with Crippen molar-refractivity contribution in [3.05, 3.63) is 47.5 Å². The van der Waals surface area contributed by atoms with Crippen LogP contribution < -0.4 is 5.73 Å². The molecule has 0 radical (unpaired) electrons. The van der Waals surface area contributed by atoms with E-state index in [0.29, 0.717) is 5.41 Å². The molecule has 0 bridgehead atoms. The Balaban J connectivity index is 1.11. The second kappa shape index (κ2) is 14.0. The van der Waals surface area contributed by atoms with Crippen molar-refractivity contribution >= 4 is 12.1 Å². The maximum absolute atomic E-state index is 12.6. The number of hydrogen-bond donors (Lipinski definition) is 1. The van der Waals surface area contributed by atoms with Gasteiger partial charge in [-0.25, -0.2) is 4.79 Å². The van der Waals surface area contributed by atoms with Gasteiger partial charge in [-0.1, -0.05) is 95.9 Å². The highest BCUT2D eigenvalue weighted by atomic mass is 16.7. The molecule has 1 aromatic rings. The predicted octanol–water partition coefficient (Wildman–Crippen LogP) is 8.62. The Hall–Kier alpha value is -2.34. The summed E-state index contributed by atoms with van der Waals surface area (Å²) in [4.78, 5) is 24.8. The third-order valence-corrected chi connectivity index (χ3v) is 12.4. The predicted molar refractivity (Wildman–Crippen MR) is 173 cm³/mol. The first-order valence-electron chi connectivity index (χ1n) is 17.5. The molecule has 0 saturated heterocycles. The molecule has 2 N–H and O–H groups in total. The second-order valence-electron chi connectivity index (χ2n) is 15.5. The fourth-order valence-corrected chi connectivity index (χ4v) is 9.98. The van der Waals surface area contributed by atoms with Crippen LogP contribution in [0.1, 0.15) is 111 Å². The number of allylic oxidation sites excluding steroid dienone is 1. The van der Waals surface area contributed by atoms with Crippen LogP contribution in [0.5, 0.6) is 0 Å². The summed E-state index contributed by atoms with van der Waals surface area (Å²) in [7, 11) is 0. The van der Waals surface area contributed by atoms with E-state index in [2.05, 4.69) is 40.7 Å². The molecular formula is C38H57NO5. The molecule has 4 aliphatic rings. The normalized spacial score (nSPS) is 34.2. The minimum atomic E-state index is -1.05. The van der Waals surface area contributed by atoms with Gasteiger partial charge < -0.3 is 19.9 Å². The van der Waals surface area contributed by atoms with E-state index in [-0.39, 0.29) is 24.7 Å². The molecule has 244 valence electrons. The van der Waals surface area contributed by atoms with Gasteiger partial charge in [0.15, 0.2) is 0 Å². The number of carbonyl (C=O) groups excluding carboxylic acids is 2. The SMILES string of the molecule is CC(C)CCCC(C)C1CCC2C3CC=C4CC(OC(=O)OCC(N)C(=O)OCc5ccccc5)CCC4(C)C3CCC12C. The van der Waals surface area contributed by atoms with Crippen molar-refractivity contribution in [2.45, 2.75) is 124 Å². The molecule has 9 atom stereocenters.